The van der Waals surface area contributed by atoms with Crippen LogP contribution in [0.15, 0.2) is 0 Å². The number of carbonyl (C=O) groups is 1. The molecule has 5 heteroatoms. The lowest BCUT2D eigenvalue weighted by Gasteiger charge is -2.42. The quantitative estimate of drug-likeness (QED) is 0.850. The predicted octanol–water partition coefficient (Wildman–Crippen LogP) is 1.34. The maximum absolute atomic E-state index is 12.1. The highest BCUT2D eigenvalue weighted by molar-refractivity contribution is 5.85. The van der Waals surface area contributed by atoms with Crippen LogP contribution in [-0.4, -0.2) is 55.0 Å². The fraction of sp³-hybridized carbons (Fsp3) is 0.929. The lowest BCUT2D eigenvalue weighted by atomic mass is 9.80. The van der Waals surface area contributed by atoms with E-state index in [1.165, 1.54) is 12.8 Å². The van der Waals surface area contributed by atoms with Crippen molar-refractivity contribution in [2.45, 2.75) is 39.2 Å². The molecule has 1 unspecified atom stereocenters. The van der Waals surface area contributed by atoms with Crippen molar-refractivity contribution in [3.63, 3.8) is 0 Å². The van der Waals surface area contributed by atoms with E-state index in [-0.39, 0.29) is 29.8 Å². The van der Waals surface area contributed by atoms with Crippen LogP contribution in [0, 0.1) is 11.3 Å². The molecule has 1 aliphatic carbocycles. The molecular formula is C14H28ClN3O. The van der Waals surface area contributed by atoms with Crippen LogP contribution in [0.1, 0.15) is 33.1 Å². The minimum absolute atomic E-state index is 0. The second kappa shape index (κ2) is 6.42. The van der Waals surface area contributed by atoms with Crippen molar-refractivity contribution in [2.75, 3.05) is 33.2 Å². The van der Waals surface area contributed by atoms with Gasteiger partial charge in [0.25, 0.3) is 0 Å². The normalized spacial score (nSPS) is 26.6. The third kappa shape index (κ3) is 4.62. The first-order valence-corrected chi connectivity index (χ1v) is 7.10. The molecule has 0 radical (unpaired) electrons. The van der Waals surface area contributed by atoms with E-state index in [4.69, 9.17) is 5.73 Å². The van der Waals surface area contributed by atoms with Crippen LogP contribution in [0.2, 0.25) is 0 Å². The molecule has 1 saturated carbocycles. The summed E-state index contributed by atoms with van der Waals surface area (Å²) in [5, 5.41) is 0. The summed E-state index contributed by atoms with van der Waals surface area (Å²) in [5.41, 5.74) is 6.24. The molecule has 4 nitrogen and oxygen atoms in total. The first-order chi connectivity index (χ1) is 8.38. The molecule has 1 aliphatic heterocycles. The Kier molecular flexibility index (Phi) is 5.65. The molecule has 0 spiro atoms. The van der Waals surface area contributed by atoms with E-state index in [0.717, 1.165) is 32.0 Å². The summed E-state index contributed by atoms with van der Waals surface area (Å²) >= 11 is 0. The summed E-state index contributed by atoms with van der Waals surface area (Å²) in [7, 11) is 1.93. The van der Waals surface area contributed by atoms with Crippen molar-refractivity contribution in [3.8, 4) is 0 Å². The number of piperidine rings is 1. The van der Waals surface area contributed by atoms with Crippen LogP contribution in [-0.2, 0) is 4.79 Å². The number of halogens is 1. The maximum atomic E-state index is 12.1. The van der Waals surface area contributed by atoms with E-state index >= 15 is 0 Å². The summed E-state index contributed by atoms with van der Waals surface area (Å²) in [6.07, 6.45) is 3.58. The number of carbonyl (C=O) groups excluding carboxylic acids is 1. The Morgan fingerprint density at radius 2 is 2.00 bits per heavy atom. The van der Waals surface area contributed by atoms with Crippen LogP contribution >= 0.6 is 12.4 Å². The maximum Gasteiger partial charge on any atom is 0.236 e. The van der Waals surface area contributed by atoms with Gasteiger partial charge in [-0.25, -0.2) is 0 Å². The zero-order valence-corrected chi connectivity index (χ0v) is 13.2. The van der Waals surface area contributed by atoms with E-state index in [9.17, 15) is 4.79 Å². The molecule has 1 atom stereocenters. The van der Waals surface area contributed by atoms with Crippen molar-refractivity contribution < 1.29 is 4.79 Å². The highest BCUT2D eigenvalue weighted by Crippen LogP contribution is 2.30. The SMILES string of the molecule is CN(CC1CC1)C(=O)CN1CCC(N)C(C)(C)C1.Cl. The molecule has 1 saturated heterocycles. The Morgan fingerprint density at radius 1 is 1.37 bits per heavy atom. The van der Waals surface area contributed by atoms with E-state index in [1.807, 2.05) is 11.9 Å². The molecule has 0 aromatic heterocycles. The van der Waals surface area contributed by atoms with E-state index in [2.05, 4.69) is 18.7 Å². The average molecular weight is 290 g/mol. The van der Waals surface area contributed by atoms with Gasteiger partial charge < -0.3 is 10.6 Å². The van der Waals surface area contributed by atoms with Crippen molar-refractivity contribution >= 4 is 18.3 Å². The second-order valence-corrected chi connectivity index (χ2v) is 6.81. The van der Waals surface area contributed by atoms with Crippen molar-refractivity contribution in [3.05, 3.63) is 0 Å². The van der Waals surface area contributed by atoms with Crippen molar-refractivity contribution in [2.24, 2.45) is 17.1 Å². The number of likely N-dealkylation sites (tertiary alicyclic amines) is 1. The van der Waals surface area contributed by atoms with Crippen LogP contribution in [0.25, 0.3) is 0 Å². The number of nitrogens with two attached hydrogens (primary N) is 1. The molecule has 0 aromatic rings. The average Bonchev–Trinajstić information content (AvgIpc) is 3.07. The van der Waals surface area contributed by atoms with Crippen molar-refractivity contribution in [1.29, 1.82) is 0 Å². The smallest absolute Gasteiger partial charge is 0.236 e. The first kappa shape index (κ1) is 16.7. The lowest BCUT2D eigenvalue weighted by molar-refractivity contribution is -0.132. The monoisotopic (exact) mass is 289 g/mol. The van der Waals surface area contributed by atoms with Gasteiger partial charge in [0.2, 0.25) is 5.91 Å². The Morgan fingerprint density at radius 3 is 2.53 bits per heavy atom. The topological polar surface area (TPSA) is 49.6 Å². The third-order valence-corrected chi connectivity index (χ3v) is 4.40. The van der Waals surface area contributed by atoms with Gasteiger partial charge in [-0.15, -0.1) is 12.4 Å². The molecular weight excluding hydrogens is 262 g/mol. The number of rotatable bonds is 4. The zero-order chi connectivity index (χ0) is 13.3. The number of amides is 1. The summed E-state index contributed by atoms with van der Waals surface area (Å²) in [6, 6.07) is 0.257. The number of hydrogen-bond donors (Lipinski definition) is 1. The minimum atomic E-state index is 0. The van der Waals surface area contributed by atoms with Gasteiger partial charge in [-0.1, -0.05) is 13.8 Å². The molecule has 1 amide bonds. The Bertz CT molecular complexity index is 318. The molecule has 2 rings (SSSR count). The third-order valence-electron chi connectivity index (χ3n) is 4.40. The van der Waals surface area contributed by atoms with Crippen LogP contribution in [0.5, 0.6) is 0 Å². The van der Waals surface area contributed by atoms with Crippen LogP contribution < -0.4 is 5.73 Å². The number of nitrogens with zero attached hydrogens (tertiary/aromatic N) is 2. The van der Waals surface area contributed by atoms with Gasteiger partial charge in [0.1, 0.15) is 0 Å². The van der Waals surface area contributed by atoms with Gasteiger partial charge >= 0.3 is 0 Å². The van der Waals surface area contributed by atoms with Crippen LogP contribution in [0.4, 0.5) is 0 Å². The molecule has 2 aliphatic rings. The molecule has 112 valence electrons. The highest BCUT2D eigenvalue weighted by atomic mass is 35.5. The first-order valence-electron chi connectivity index (χ1n) is 7.10. The zero-order valence-electron chi connectivity index (χ0n) is 12.4. The predicted molar refractivity (Wildman–Crippen MR) is 80.4 cm³/mol. The molecule has 0 aromatic carbocycles. The highest BCUT2D eigenvalue weighted by Gasteiger charge is 2.34. The standard InChI is InChI=1S/C14H27N3O.ClH/c1-14(2)10-17(7-6-12(14)15)9-13(18)16(3)8-11-4-5-11;/h11-12H,4-10,15H2,1-3H3;1H. The summed E-state index contributed by atoms with van der Waals surface area (Å²) in [5.74, 6) is 1.03. The molecule has 0 bridgehead atoms. The fourth-order valence-corrected chi connectivity index (χ4v) is 2.72. The number of likely N-dealkylation sites (N-methyl/N-ethyl adjacent to an activating group) is 1. The summed E-state index contributed by atoms with van der Waals surface area (Å²) < 4.78 is 0. The van der Waals surface area contributed by atoms with Gasteiger partial charge in [0, 0.05) is 32.7 Å². The summed E-state index contributed by atoms with van der Waals surface area (Å²) in [6.45, 7) is 7.77. The Hall–Kier alpha value is -0.320. The van der Waals surface area contributed by atoms with E-state index in [0.29, 0.717) is 6.54 Å². The fourth-order valence-electron chi connectivity index (χ4n) is 2.72. The van der Waals surface area contributed by atoms with Gasteiger partial charge in [-0.05, 0) is 30.6 Å². The largest absolute Gasteiger partial charge is 0.344 e. The van der Waals surface area contributed by atoms with Gasteiger partial charge in [0.05, 0.1) is 6.54 Å². The molecule has 2 fully saturated rings. The van der Waals surface area contributed by atoms with E-state index < -0.39 is 0 Å². The van der Waals surface area contributed by atoms with Gasteiger partial charge in [-0.2, -0.15) is 0 Å². The van der Waals surface area contributed by atoms with Gasteiger partial charge in [-0.3, -0.25) is 9.69 Å². The van der Waals surface area contributed by atoms with E-state index in [1.54, 1.807) is 0 Å². The van der Waals surface area contributed by atoms with Gasteiger partial charge in [0.15, 0.2) is 0 Å². The van der Waals surface area contributed by atoms with Crippen LogP contribution in [0.3, 0.4) is 0 Å². The minimum Gasteiger partial charge on any atom is -0.344 e. The Balaban J connectivity index is 0.00000180. The molecule has 1 heterocycles. The number of hydrogen-bond acceptors (Lipinski definition) is 3. The second-order valence-electron chi connectivity index (χ2n) is 6.81. The Labute approximate surface area is 123 Å². The summed E-state index contributed by atoms with van der Waals surface area (Å²) in [4.78, 5) is 16.3. The molecule has 2 N–H and O–H groups in total. The van der Waals surface area contributed by atoms with Crippen molar-refractivity contribution in [1.82, 2.24) is 9.80 Å². The molecule has 19 heavy (non-hydrogen) atoms. The lowest BCUT2D eigenvalue weighted by Crippen LogP contribution is -2.54.